The van der Waals surface area contributed by atoms with Crippen LogP contribution in [0.4, 0.5) is 0 Å². The van der Waals surface area contributed by atoms with E-state index in [1.807, 2.05) is 0 Å². The Balaban J connectivity index is 0. The van der Waals surface area contributed by atoms with Crippen LogP contribution in [-0.4, -0.2) is 52.3 Å². The van der Waals surface area contributed by atoms with E-state index >= 15 is 0 Å². The van der Waals surface area contributed by atoms with Gasteiger partial charge in [-0.2, -0.15) is 12.6 Å². The number of carboxylic acid groups (broad SMARTS) is 1. The van der Waals surface area contributed by atoms with Gasteiger partial charge in [0.2, 0.25) is 0 Å². The molecule has 0 amide bonds. The van der Waals surface area contributed by atoms with Gasteiger partial charge >= 0.3 is 11.9 Å². The van der Waals surface area contributed by atoms with Crippen molar-refractivity contribution in [1.29, 1.82) is 0 Å². The lowest BCUT2D eigenvalue weighted by molar-refractivity contribution is -0.147. The second-order valence-corrected chi connectivity index (χ2v) is 8.17. The Bertz CT molecular complexity index is 428. The molecule has 0 bridgehead atoms. The molecule has 0 rings (SSSR count). The predicted molar refractivity (Wildman–Crippen MR) is 130 cm³/mol. The monoisotopic (exact) mass is 462 g/mol. The number of hydrogen-bond donors (Lipinski definition) is 4. The van der Waals surface area contributed by atoms with Crippen molar-refractivity contribution in [3.05, 3.63) is 12.2 Å². The lowest BCUT2D eigenvalue weighted by Gasteiger charge is -2.08. The number of unbranched alkanes of at least 4 members (excludes halogenated alkanes) is 11. The zero-order valence-corrected chi connectivity index (χ0v) is 20.4. The van der Waals surface area contributed by atoms with Gasteiger partial charge in [-0.15, -0.1) is 0 Å². The molecular weight excluding hydrogens is 416 g/mol. The fourth-order valence-electron chi connectivity index (χ4n) is 2.75. The Hall–Kier alpha value is -1.05. The van der Waals surface area contributed by atoms with Gasteiger partial charge in [0.15, 0.2) is 0 Å². The molecule has 0 radical (unpaired) electrons. The first kappa shape index (κ1) is 32.1. The zero-order chi connectivity index (χ0) is 23.6. The fraction of sp³-hybridized carbons (Fsp3) is 0.833. The van der Waals surface area contributed by atoms with E-state index in [-0.39, 0.29) is 25.6 Å². The van der Waals surface area contributed by atoms with Crippen LogP contribution in [-0.2, 0) is 14.3 Å². The third-order valence-electron chi connectivity index (χ3n) is 4.62. The van der Waals surface area contributed by atoms with Crippen molar-refractivity contribution in [3.8, 4) is 0 Å². The lowest BCUT2D eigenvalue weighted by Crippen LogP contribution is -2.21. The van der Waals surface area contributed by atoms with E-state index in [2.05, 4.69) is 31.7 Å². The van der Waals surface area contributed by atoms with Crippen molar-refractivity contribution >= 4 is 24.6 Å². The van der Waals surface area contributed by atoms with E-state index in [1.54, 1.807) is 0 Å². The van der Waals surface area contributed by atoms with Crippen LogP contribution in [0.25, 0.3) is 0 Å². The first-order chi connectivity index (χ1) is 15.0. The molecule has 1 unspecified atom stereocenters. The molecule has 6 nitrogen and oxygen atoms in total. The summed E-state index contributed by atoms with van der Waals surface area (Å²) in [6.45, 7) is 1.77. The average Bonchev–Trinajstić information content (AvgIpc) is 2.75. The molecule has 0 aromatic heterocycles. The van der Waals surface area contributed by atoms with Crippen LogP contribution >= 0.6 is 12.6 Å². The number of carbonyl (C=O) groups excluding carboxylic acids is 1. The normalized spacial score (nSPS) is 11.7. The molecule has 0 fully saturated rings. The molecule has 0 aliphatic rings. The number of aliphatic hydroxyl groups is 2. The van der Waals surface area contributed by atoms with Crippen LogP contribution in [0.1, 0.15) is 103 Å². The van der Waals surface area contributed by atoms with Crippen molar-refractivity contribution in [2.45, 2.75) is 109 Å². The summed E-state index contributed by atoms with van der Waals surface area (Å²) in [4.78, 5) is 20.9. The Kier molecular flexibility index (Phi) is 28.0. The van der Waals surface area contributed by atoms with Crippen LogP contribution < -0.4 is 0 Å². The third-order valence-corrected chi connectivity index (χ3v) is 4.84. The second-order valence-electron chi connectivity index (χ2n) is 7.72. The van der Waals surface area contributed by atoms with Crippen LogP contribution in [0, 0.1) is 0 Å². The molecular formula is C24H46O6S. The molecule has 0 saturated carbocycles. The molecule has 0 spiro atoms. The van der Waals surface area contributed by atoms with Gasteiger partial charge in [0, 0.05) is 12.2 Å². The van der Waals surface area contributed by atoms with Crippen molar-refractivity contribution in [1.82, 2.24) is 0 Å². The maximum atomic E-state index is 11.4. The number of allylic oxidation sites excluding steroid dienone is 2. The number of carbonyl (C=O) groups is 2. The first-order valence-electron chi connectivity index (χ1n) is 11.9. The van der Waals surface area contributed by atoms with Crippen molar-refractivity contribution < 1.29 is 29.6 Å². The number of ether oxygens (including phenoxy) is 1. The van der Waals surface area contributed by atoms with Gasteiger partial charge in [0.25, 0.3) is 0 Å². The minimum atomic E-state index is -0.960. The summed E-state index contributed by atoms with van der Waals surface area (Å²) in [6, 6.07) is 0. The standard InChI is InChI=1S/C21H40O4.C3H6O2S/c1-2-3-4-5-6-7-8-9-10-11-12-13-14-15-16-17-21(24)25-19-20(23)18-22;4-3(5)1-2-6/h9-10,20,22-23H,2-8,11-19H2,1H3;6H,1-2H2,(H,4,5)/b10-9-;. The summed E-state index contributed by atoms with van der Waals surface area (Å²) in [5.74, 6) is -0.648. The van der Waals surface area contributed by atoms with Gasteiger partial charge in [-0.25, -0.2) is 0 Å². The van der Waals surface area contributed by atoms with E-state index in [1.165, 1.54) is 57.8 Å². The molecule has 0 saturated heterocycles. The summed E-state index contributed by atoms with van der Waals surface area (Å²) in [5, 5.41) is 25.6. The van der Waals surface area contributed by atoms with E-state index < -0.39 is 12.1 Å². The van der Waals surface area contributed by atoms with Gasteiger partial charge in [-0.1, -0.05) is 70.4 Å². The topological polar surface area (TPSA) is 104 Å². The average molecular weight is 463 g/mol. The van der Waals surface area contributed by atoms with Gasteiger partial charge in [-0.05, 0) is 32.1 Å². The maximum Gasteiger partial charge on any atom is 0.305 e. The number of aliphatic carboxylic acids is 1. The molecule has 0 aromatic rings. The quantitative estimate of drug-likeness (QED) is 0.0846. The van der Waals surface area contributed by atoms with Crippen LogP contribution in [0.3, 0.4) is 0 Å². The molecule has 0 aliphatic carbocycles. The Morgan fingerprint density at radius 3 is 1.84 bits per heavy atom. The minimum Gasteiger partial charge on any atom is -0.481 e. The molecule has 1 atom stereocenters. The Labute approximate surface area is 194 Å². The van der Waals surface area contributed by atoms with Crippen molar-refractivity contribution in [2.75, 3.05) is 19.0 Å². The highest BCUT2D eigenvalue weighted by molar-refractivity contribution is 7.80. The third kappa shape index (κ3) is 31.2. The molecule has 31 heavy (non-hydrogen) atoms. The SMILES string of the molecule is CCCCCCCC/C=C\CCCCCCCC(=O)OCC(O)CO.O=C(O)CCS. The molecule has 0 aromatic carbocycles. The molecule has 184 valence electrons. The number of esters is 1. The minimum absolute atomic E-state index is 0.111. The van der Waals surface area contributed by atoms with Gasteiger partial charge in [0.1, 0.15) is 12.7 Å². The summed E-state index contributed by atoms with van der Waals surface area (Å²) in [7, 11) is 0. The highest BCUT2D eigenvalue weighted by Gasteiger charge is 2.07. The summed E-state index contributed by atoms with van der Waals surface area (Å²) in [6.07, 6.45) is 20.2. The molecule has 0 aliphatic heterocycles. The molecule has 7 heteroatoms. The lowest BCUT2D eigenvalue weighted by atomic mass is 10.1. The zero-order valence-electron chi connectivity index (χ0n) is 19.5. The number of rotatable bonds is 20. The largest absolute Gasteiger partial charge is 0.481 e. The highest BCUT2D eigenvalue weighted by atomic mass is 32.1. The number of aliphatic hydroxyl groups excluding tert-OH is 2. The summed E-state index contributed by atoms with van der Waals surface area (Å²) >= 11 is 3.68. The van der Waals surface area contributed by atoms with E-state index in [4.69, 9.17) is 20.1 Å². The van der Waals surface area contributed by atoms with Crippen molar-refractivity contribution in [3.63, 3.8) is 0 Å². The summed E-state index contributed by atoms with van der Waals surface area (Å²) < 4.78 is 4.86. The smallest absolute Gasteiger partial charge is 0.305 e. The number of hydrogen-bond acceptors (Lipinski definition) is 6. The summed E-state index contributed by atoms with van der Waals surface area (Å²) in [5.41, 5.74) is 0. The van der Waals surface area contributed by atoms with Crippen LogP contribution in [0.5, 0.6) is 0 Å². The van der Waals surface area contributed by atoms with Gasteiger partial charge < -0.3 is 20.1 Å². The van der Waals surface area contributed by atoms with E-state index in [0.717, 1.165) is 25.7 Å². The second kappa shape index (κ2) is 27.0. The maximum absolute atomic E-state index is 11.4. The van der Waals surface area contributed by atoms with Crippen molar-refractivity contribution in [2.24, 2.45) is 0 Å². The van der Waals surface area contributed by atoms with Crippen LogP contribution in [0.15, 0.2) is 12.2 Å². The highest BCUT2D eigenvalue weighted by Crippen LogP contribution is 2.10. The van der Waals surface area contributed by atoms with Crippen LogP contribution in [0.2, 0.25) is 0 Å². The number of carboxylic acids is 1. The number of thiol groups is 1. The predicted octanol–water partition coefficient (Wildman–Crippen LogP) is 5.31. The Morgan fingerprint density at radius 2 is 1.39 bits per heavy atom. The van der Waals surface area contributed by atoms with Gasteiger partial charge in [-0.3, -0.25) is 9.59 Å². The van der Waals surface area contributed by atoms with E-state index in [0.29, 0.717) is 12.2 Å². The molecule has 3 N–H and O–H groups in total. The van der Waals surface area contributed by atoms with Gasteiger partial charge in [0.05, 0.1) is 13.0 Å². The Morgan fingerprint density at radius 1 is 0.871 bits per heavy atom. The first-order valence-corrected chi connectivity index (χ1v) is 12.5. The molecule has 0 heterocycles. The van der Waals surface area contributed by atoms with E-state index in [9.17, 15) is 9.59 Å². The fourth-order valence-corrected chi connectivity index (χ4v) is 2.94.